The molecule has 0 amide bonds. The minimum atomic E-state index is -6.61. The fourth-order valence-electron chi connectivity index (χ4n) is 0.587. The van der Waals surface area contributed by atoms with Gasteiger partial charge >= 0.3 is 16.4 Å². The lowest BCUT2D eigenvalue weighted by molar-refractivity contribution is -0.242. The molecule has 17 heavy (non-hydrogen) atoms. The van der Waals surface area contributed by atoms with Crippen LogP contribution in [-0.2, 0) is 20.7 Å². The van der Waals surface area contributed by atoms with Crippen molar-refractivity contribution < 1.29 is 43.2 Å². The second kappa shape index (κ2) is 4.28. The summed E-state index contributed by atoms with van der Waals surface area (Å²) in [6, 6.07) is 0. The topological polar surface area (TPSA) is 80.3 Å². The quantitative estimate of drug-likeness (QED) is 0.552. The summed E-state index contributed by atoms with van der Waals surface area (Å²) in [6.07, 6.45) is 0. The van der Waals surface area contributed by atoms with E-state index in [1.807, 2.05) is 0 Å². The highest BCUT2D eigenvalue weighted by Gasteiger charge is 2.79. The molecule has 0 unspecified atom stereocenters. The maximum Gasteiger partial charge on any atom is 0.428 e. The third-order valence-corrected chi connectivity index (χ3v) is 3.79. The predicted octanol–water partition coefficient (Wildman–Crippen LogP) is -0.0321. The Labute approximate surface area is 92.8 Å². The van der Waals surface area contributed by atoms with Gasteiger partial charge in [-0.15, -0.1) is 0 Å². The van der Waals surface area contributed by atoms with E-state index in [-0.39, 0.29) is 7.05 Å². The molecular formula is C4H5F6NO4S2. The first-order valence-electron chi connectivity index (χ1n) is 3.46. The Balaban J connectivity index is 5.96. The maximum atomic E-state index is 12.7. The van der Waals surface area contributed by atoms with Gasteiger partial charge in [-0.25, -0.2) is 21.6 Å². The van der Waals surface area contributed by atoms with E-state index in [9.17, 15) is 43.2 Å². The minimum Gasteiger partial charge on any atom is -0.225 e. The van der Waals surface area contributed by atoms with Crippen molar-refractivity contribution in [3.05, 3.63) is 0 Å². The Morgan fingerprint density at radius 2 is 1.35 bits per heavy atom. The smallest absolute Gasteiger partial charge is 0.225 e. The van der Waals surface area contributed by atoms with E-state index in [0.717, 1.165) is 0 Å². The number of alkyl halides is 6. The Bertz CT molecular complexity index is 460. The summed E-state index contributed by atoms with van der Waals surface area (Å²) in [7, 11) is -11.2. The van der Waals surface area contributed by atoms with Gasteiger partial charge in [0.15, 0.2) is 0 Å². The molecule has 0 fully saturated rings. The Morgan fingerprint density at radius 3 is 1.59 bits per heavy atom. The number of hydrogen-bond acceptors (Lipinski definition) is 4. The minimum absolute atomic E-state index is 0.272. The normalized spacial score (nSPS) is 15.3. The van der Waals surface area contributed by atoms with Crippen LogP contribution in [0.1, 0.15) is 0 Å². The summed E-state index contributed by atoms with van der Waals surface area (Å²) in [5, 5.41) is -12.5. The fourth-order valence-corrected chi connectivity index (χ4v) is 1.75. The van der Waals surface area contributed by atoms with Crippen LogP contribution in [0.15, 0.2) is 0 Å². The zero-order chi connectivity index (χ0) is 14.3. The Hall–Kier alpha value is -0.560. The zero-order valence-corrected chi connectivity index (χ0v) is 9.47. The van der Waals surface area contributed by atoms with Gasteiger partial charge in [0, 0.05) is 0 Å². The summed E-state index contributed by atoms with van der Waals surface area (Å²) in [5.41, 5.74) is 0. The number of rotatable bonds is 5. The first-order chi connectivity index (χ1) is 7.25. The van der Waals surface area contributed by atoms with E-state index < -0.39 is 37.2 Å². The van der Waals surface area contributed by atoms with Crippen LogP contribution in [0.2, 0.25) is 0 Å². The fraction of sp³-hybridized carbons (Fsp3) is 1.00. The van der Waals surface area contributed by atoms with Crippen molar-refractivity contribution in [1.29, 1.82) is 0 Å². The SMILES string of the molecule is CNS(=O)(=O)C(F)(F)C(F)(F)C(F)(F)[SH](=O)=O. The third-order valence-electron chi connectivity index (χ3n) is 1.58. The van der Waals surface area contributed by atoms with Crippen LogP contribution in [0.25, 0.3) is 0 Å². The van der Waals surface area contributed by atoms with Crippen molar-refractivity contribution in [2.24, 2.45) is 0 Å². The number of halogens is 6. The molecule has 0 aromatic carbocycles. The van der Waals surface area contributed by atoms with Gasteiger partial charge in [-0.1, -0.05) is 0 Å². The van der Waals surface area contributed by atoms with Crippen molar-refractivity contribution in [3.8, 4) is 0 Å². The van der Waals surface area contributed by atoms with Crippen LogP contribution in [0.4, 0.5) is 26.3 Å². The van der Waals surface area contributed by atoms with Crippen LogP contribution in [0.3, 0.4) is 0 Å². The van der Waals surface area contributed by atoms with Gasteiger partial charge in [0.2, 0.25) is 10.7 Å². The van der Waals surface area contributed by atoms with Gasteiger partial charge in [-0.05, 0) is 7.05 Å². The highest BCUT2D eigenvalue weighted by molar-refractivity contribution is 7.90. The Kier molecular flexibility index (Phi) is 4.13. The van der Waals surface area contributed by atoms with E-state index in [0.29, 0.717) is 4.72 Å². The first kappa shape index (κ1) is 16.4. The van der Waals surface area contributed by atoms with E-state index in [1.54, 1.807) is 0 Å². The molecule has 1 N–H and O–H groups in total. The molecule has 0 aromatic rings. The highest BCUT2D eigenvalue weighted by atomic mass is 32.2. The van der Waals surface area contributed by atoms with Gasteiger partial charge in [0.25, 0.3) is 10.0 Å². The van der Waals surface area contributed by atoms with Crippen LogP contribution in [0, 0.1) is 0 Å². The molecule has 0 spiro atoms. The van der Waals surface area contributed by atoms with Crippen molar-refractivity contribution in [1.82, 2.24) is 4.72 Å². The maximum absolute atomic E-state index is 12.7. The summed E-state index contributed by atoms with van der Waals surface area (Å²) >= 11 is 0. The molecule has 0 radical (unpaired) electrons. The summed E-state index contributed by atoms with van der Waals surface area (Å²) in [6.45, 7) is 0. The Morgan fingerprint density at radius 1 is 1.00 bits per heavy atom. The summed E-state index contributed by atoms with van der Waals surface area (Å²) in [4.78, 5) is 0. The van der Waals surface area contributed by atoms with Gasteiger partial charge in [-0.2, -0.15) is 26.3 Å². The van der Waals surface area contributed by atoms with Crippen molar-refractivity contribution in [2.45, 2.75) is 16.4 Å². The first-order valence-corrected chi connectivity index (χ1v) is 6.12. The molecule has 5 nitrogen and oxygen atoms in total. The summed E-state index contributed by atoms with van der Waals surface area (Å²) in [5.74, 6) is -6.61. The van der Waals surface area contributed by atoms with Gasteiger partial charge < -0.3 is 0 Å². The van der Waals surface area contributed by atoms with Crippen molar-refractivity contribution in [2.75, 3.05) is 7.05 Å². The lowest BCUT2D eigenvalue weighted by Gasteiger charge is -2.28. The van der Waals surface area contributed by atoms with Crippen molar-refractivity contribution in [3.63, 3.8) is 0 Å². The molecule has 0 rings (SSSR count). The number of thiol groups is 1. The van der Waals surface area contributed by atoms with E-state index in [4.69, 9.17) is 0 Å². The second-order valence-corrected chi connectivity index (χ2v) is 5.60. The zero-order valence-electron chi connectivity index (χ0n) is 7.76. The van der Waals surface area contributed by atoms with Crippen LogP contribution < -0.4 is 4.72 Å². The lowest BCUT2D eigenvalue weighted by atomic mass is 10.3. The standard InChI is InChI=1S/C4H5F6NO4S2/c1-11-17(14,15)4(9,10)2(5,6)3(7,8)16(12)13/h11,16H,1H3. The van der Waals surface area contributed by atoms with E-state index in [2.05, 4.69) is 0 Å². The van der Waals surface area contributed by atoms with Gasteiger partial charge in [-0.3, -0.25) is 0 Å². The highest BCUT2D eigenvalue weighted by Crippen LogP contribution is 2.48. The molecule has 0 aromatic heterocycles. The van der Waals surface area contributed by atoms with Crippen LogP contribution in [-0.4, -0.2) is 40.3 Å². The average Bonchev–Trinajstić information content (AvgIpc) is 2.16. The second-order valence-electron chi connectivity index (χ2n) is 2.60. The van der Waals surface area contributed by atoms with Crippen LogP contribution >= 0.6 is 0 Å². The molecule has 0 aliphatic carbocycles. The third kappa shape index (κ3) is 2.22. The number of hydrogen-bond donors (Lipinski definition) is 2. The van der Waals surface area contributed by atoms with E-state index >= 15 is 0 Å². The molecule has 0 aliphatic rings. The van der Waals surface area contributed by atoms with Crippen LogP contribution in [0.5, 0.6) is 0 Å². The predicted molar refractivity (Wildman–Crippen MR) is 43.1 cm³/mol. The molecule has 104 valence electrons. The lowest BCUT2D eigenvalue weighted by Crippen LogP contribution is -2.60. The summed E-state index contributed by atoms with van der Waals surface area (Å²) < 4.78 is 117. The molecule has 0 bridgehead atoms. The van der Waals surface area contributed by atoms with Gasteiger partial charge in [0.1, 0.15) is 0 Å². The van der Waals surface area contributed by atoms with E-state index in [1.165, 1.54) is 0 Å². The molecule has 0 atom stereocenters. The molecule has 0 heterocycles. The number of sulfonamides is 1. The molecule has 0 saturated heterocycles. The van der Waals surface area contributed by atoms with Gasteiger partial charge in [0.05, 0.1) is 0 Å². The molecule has 0 saturated carbocycles. The molecule has 0 aliphatic heterocycles. The monoisotopic (exact) mass is 309 g/mol. The average molecular weight is 309 g/mol. The molecule has 13 heteroatoms. The number of nitrogens with one attached hydrogen (secondary N) is 1. The largest absolute Gasteiger partial charge is 0.428 e. The molecular weight excluding hydrogens is 304 g/mol. The van der Waals surface area contributed by atoms with Crippen molar-refractivity contribution >= 4 is 20.7 Å².